The van der Waals surface area contributed by atoms with E-state index in [4.69, 9.17) is 9.84 Å². The van der Waals surface area contributed by atoms with Gasteiger partial charge in [-0.1, -0.05) is 12.1 Å². The van der Waals surface area contributed by atoms with Crippen molar-refractivity contribution < 1.29 is 33.0 Å². The number of carboxylic acids is 1. The maximum Gasteiger partial charge on any atom is 0.387 e. The van der Waals surface area contributed by atoms with Crippen LogP contribution in [0.4, 0.5) is 8.78 Å². The van der Waals surface area contributed by atoms with E-state index in [9.17, 15) is 18.4 Å². The average molecular weight is 301 g/mol. The van der Waals surface area contributed by atoms with Gasteiger partial charge in [-0.25, -0.2) is 0 Å². The van der Waals surface area contributed by atoms with Crippen molar-refractivity contribution >= 4 is 11.9 Å². The summed E-state index contributed by atoms with van der Waals surface area (Å²) < 4.78 is 33.8. The molecule has 0 spiro atoms. The van der Waals surface area contributed by atoms with Gasteiger partial charge in [-0.3, -0.25) is 9.59 Å². The van der Waals surface area contributed by atoms with Crippen LogP contribution in [-0.4, -0.2) is 42.9 Å². The third kappa shape index (κ3) is 3.66. The summed E-state index contributed by atoms with van der Waals surface area (Å²) in [4.78, 5) is 23.1. The van der Waals surface area contributed by atoms with Gasteiger partial charge in [0.15, 0.2) is 0 Å². The van der Waals surface area contributed by atoms with Gasteiger partial charge < -0.3 is 19.9 Å². The highest BCUT2D eigenvalue weighted by molar-refractivity contribution is 5.97. The molecule has 1 fully saturated rings. The van der Waals surface area contributed by atoms with E-state index in [-0.39, 0.29) is 24.5 Å². The van der Waals surface area contributed by atoms with E-state index in [1.807, 2.05) is 0 Å². The SMILES string of the molecule is O=C(NC1COCC1C(=O)O)c1ccccc1OC(F)F. The summed E-state index contributed by atoms with van der Waals surface area (Å²) >= 11 is 0. The van der Waals surface area contributed by atoms with Crippen LogP contribution in [0.1, 0.15) is 10.4 Å². The van der Waals surface area contributed by atoms with Crippen LogP contribution in [0, 0.1) is 5.92 Å². The van der Waals surface area contributed by atoms with Gasteiger partial charge in [0.05, 0.1) is 24.8 Å². The number of rotatable bonds is 5. The first-order valence-electron chi connectivity index (χ1n) is 6.14. The van der Waals surface area contributed by atoms with E-state index in [0.29, 0.717) is 0 Å². The molecule has 1 aromatic rings. The van der Waals surface area contributed by atoms with Crippen LogP contribution in [0.3, 0.4) is 0 Å². The number of aliphatic carboxylic acids is 1. The largest absolute Gasteiger partial charge is 0.481 e. The second-order valence-corrected chi connectivity index (χ2v) is 4.44. The van der Waals surface area contributed by atoms with E-state index in [2.05, 4.69) is 10.1 Å². The highest BCUT2D eigenvalue weighted by atomic mass is 19.3. The van der Waals surface area contributed by atoms with E-state index >= 15 is 0 Å². The molecule has 2 rings (SSSR count). The molecular formula is C13H13F2NO5. The molecule has 6 nitrogen and oxygen atoms in total. The fourth-order valence-electron chi connectivity index (χ4n) is 2.04. The highest BCUT2D eigenvalue weighted by Crippen LogP contribution is 2.21. The lowest BCUT2D eigenvalue weighted by Crippen LogP contribution is -2.42. The normalized spacial score (nSPS) is 21.3. The summed E-state index contributed by atoms with van der Waals surface area (Å²) in [6.07, 6.45) is 0. The van der Waals surface area contributed by atoms with Crippen molar-refractivity contribution in [2.24, 2.45) is 5.92 Å². The van der Waals surface area contributed by atoms with Crippen molar-refractivity contribution in [2.75, 3.05) is 13.2 Å². The fraction of sp³-hybridized carbons (Fsp3) is 0.385. The van der Waals surface area contributed by atoms with Gasteiger partial charge in [0.25, 0.3) is 5.91 Å². The minimum absolute atomic E-state index is 0.00450. The zero-order valence-electron chi connectivity index (χ0n) is 10.8. The summed E-state index contributed by atoms with van der Waals surface area (Å²) in [7, 11) is 0. The number of amides is 1. The molecule has 1 aliphatic heterocycles. The number of carbonyl (C=O) groups is 2. The summed E-state index contributed by atoms with van der Waals surface area (Å²) in [5.74, 6) is -2.91. The molecule has 0 saturated carbocycles. The Morgan fingerprint density at radius 3 is 2.71 bits per heavy atom. The number of hydrogen-bond acceptors (Lipinski definition) is 4. The van der Waals surface area contributed by atoms with Crippen molar-refractivity contribution in [3.05, 3.63) is 29.8 Å². The molecule has 21 heavy (non-hydrogen) atoms. The lowest BCUT2D eigenvalue weighted by atomic mass is 10.0. The van der Waals surface area contributed by atoms with Crippen LogP contribution in [0.25, 0.3) is 0 Å². The van der Waals surface area contributed by atoms with Gasteiger partial charge in [0, 0.05) is 0 Å². The number of alkyl halides is 2. The summed E-state index contributed by atoms with van der Waals surface area (Å²) in [6, 6.07) is 4.79. The topological polar surface area (TPSA) is 84.9 Å². The van der Waals surface area contributed by atoms with Crippen molar-refractivity contribution in [1.29, 1.82) is 0 Å². The Morgan fingerprint density at radius 2 is 2.05 bits per heavy atom. The maximum atomic E-state index is 12.3. The number of carboxylic acid groups (broad SMARTS) is 1. The molecule has 2 atom stereocenters. The van der Waals surface area contributed by atoms with Crippen LogP contribution in [0.5, 0.6) is 5.75 Å². The summed E-state index contributed by atoms with van der Waals surface area (Å²) in [6.45, 7) is -3.00. The lowest BCUT2D eigenvalue weighted by Gasteiger charge is -2.17. The quantitative estimate of drug-likeness (QED) is 0.851. The molecule has 0 aliphatic carbocycles. The first kappa shape index (κ1) is 15.2. The average Bonchev–Trinajstić information content (AvgIpc) is 2.86. The van der Waals surface area contributed by atoms with E-state index in [1.54, 1.807) is 0 Å². The molecule has 2 unspecified atom stereocenters. The van der Waals surface area contributed by atoms with Gasteiger partial charge in [0.1, 0.15) is 11.7 Å². The zero-order valence-corrected chi connectivity index (χ0v) is 10.8. The second-order valence-electron chi connectivity index (χ2n) is 4.44. The Kier molecular flexibility index (Phi) is 4.69. The fourth-order valence-corrected chi connectivity index (χ4v) is 2.04. The first-order valence-corrected chi connectivity index (χ1v) is 6.14. The smallest absolute Gasteiger partial charge is 0.387 e. The monoisotopic (exact) mass is 301 g/mol. The van der Waals surface area contributed by atoms with Crippen molar-refractivity contribution in [1.82, 2.24) is 5.32 Å². The molecule has 0 aromatic heterocycles. The van der Waals surface area contributed by atoms with Crippen LogP contribution >= 0.6 is 0 Å². The lowest BCUT2D eigenvalue weighted by molar-refractivity contribution is -0.142. The molecule has 1 aromatic carbocycles. The zero-order chi connectivity index (χ0) is 15.4. The van der Waals surface area contributed by atoms with Crippen molar-refractivity contribution in [2.45, 2.75) is 12.7 Å². The minimum Gasteiger partial charge on any atom is -0.481 e. The van der Waals surface area contributed by atoms with Crippen molar-refractivity contribution in [3.8, 4) is 5.75 Å². The standard InChI is InChI=1S/C13H13F2NO5/c14-13(15)21-10-4-2-1-3-7(10)11(17)16-9-6-20-5-8(9)12(18)19/h1-4,8-9,13H,5-6H2,(H,16,17)(H,18,19). The molecule has 8 heteroatoms. The first-order chi connectivity index (χ1) is 9.99. The Morgan fingerprint density at radius 1 is 1.33 bits per heavy atom. The van der Waals surface area contributed by atoms with Crippen LogP contribution in [0.15, 0.2) is 24.3 Å². The Balaban J connectivity index is 2.12. The predicted octanol–water partition coefficient (Wildman–Crippen LogP) is 1.12. The van der Waals surface area contributed by atoms with Gasteiger partial charge >= 0.3 is 12.6 Å². The van der Waals surface area contributed by atoms with Crippen LogP contribution in [-0.2, 0) is 9.53 Å². The molecule has 114 valence electrons. The van der Waals surface area contributed by atoms with Gasteiger partial charge in [-0.15, -0.1) is 0 Å². The third-order valence-electron chi connectivity index (χ3n) is 3.06. The van der Waals surface area contributed by atoms with E-state index in [1.165, 1.54) is 24.3 Å². The van der Waals surface area contributed by atoms with Gasteiger partial charge in [-0.05, 0) is 12.1 Å². The molecular weight excluding hydrogens is 288 g/mol. The predicted molar refractivity (Wildman–Crippen MR) is 66.3 cm³/mol. The molecule has 1 heterocycles. The minimum atomic E-state index is -3.06. The molecule has 2 N–H and O–H groups in total. The number of ether oxygens (including phenoxy) is 2. The molecule has 0 bridgehead atoms. The van der Waals surface area contributed by atoms with Gasteiger partial charge in [0.2, 0.25) is 0 Å². The Hall–Kier alpha value is -2.22. The number of nitrogens with one attached hydrogen (secondary N) is 1. The van der Waals surface area contributed by atoms with E-state index < -0.39 is 30.4 Å². The van der Waals surface area contributed by atoms with E-state index in [0.717, 1.165) is 0 Å². The highest BCUT2D eigenvalue weighted by Gasteiger charge is 2.35. The summed E-state index contributed by atoms with van der Waals surface area (Å²) in [5.41, 5.74) is -0.0890. The molecule has 1 amide bonds. The Bertz CT molecular complexity index is 537. The number of benzene rings is 1. The van der Waals surface area contributed by atoms with Crippen LogP contribution < -0.4 is 10.1 Å². The maximum absolute atomic E-state index is 12.3. The number of para-hydroxylation sites is 1. The van der Waals surface area contributed by atoms with Crippen LogP contribution in [0.2, 0.25) is 0 Å². The third-order valence-corrected chi connectivity index (χ3v) is 3.06. The number of carbonyl (C=O) groups excluding carboxylic acids is 1. The number of hydrogen-bond donors (Lipinski definition) is 2. The number of halogens is 2. The molecule has 0 radical (unpaired) electrons. The van der Waals surface area contributed by atoms with Crippen molar-refractivity contribution in [3.63, 3.8) is 0 Å². The molecule has 1 saturated heterocycles. The Labute approximate surface area is 118 Å². The van der Waals surface area contributed by atoms with Gasteiger partial charge in [-0.2, -0.15) is 8.78 Å². The second kappa shape index (κ2) is 6.49. The summed E-state index contributed by atoms with van der Waals surface area (Å²) in [5, 5.41) is 11.5. The molecule has 1 aliphatic rings.